The smallest absolute Gasteiger partial charge is 0.335 e. The van der Waals surface area contributed by atoms with E-state index in [0.29, 0.717) is 0 Å². The molecular weight excluding hydrogens is 192 g/mol. The fourth-order valence-corrected chi connectivity index (χ4v) is 0.603. The predicted octanol–water partition coefficient (Wildman–Crippen LogP) is -0.812. The van der Waals surface area contributed by atoms with Crippen LogP contribution in [0.3, 0.4) is 0 Å². The largest absolute Gasteiger partial charge is 0.479 e. The Balaban J connectivity index is 3.72. The third-order valence-electron chi connectivity index (χ3n) is 0.776. The molecule has 0 rings (SSSR count). The van der Waals surface area contributed by atoms with Crippen molar-refractivity contribution in [3.05, 3.63) is 0 Å². The Hall–Kier alpha value is -0.130. The number of aliphatic carboxylic acids is 1. The van der Waals surface area contributed by atoms with Crippen molar-refractivity contribution in [3.8, 4) is 0 Å². The summed E-state index contributed by atoms with van der Waals surface area (Å²) in [5.74, 6) is -1.41. The van der Waals surface area contributed by atoms with E-state index in [0.717, 1.165) is 0 Å². The number of hydrogen-bond donors (Lipinski definition) is 3. The van der Waals surface area contributed by atoms with Gasteiger partial charge in [-0.15, -0.1) is 0 Å². The lowest BCUT2D eigenvalue weighted by molar-refractivity contribution is -0.151. The molecule has 0 aliphatic heterocycles. The highest BCUT2D eigenvalue weighted by Crippen LogP contribution is 1.96. The zero-order valence-corrected chi connectivity index (χ0v) is 6.08. The molecule has 0 aromatic carbocycles. The van der Waals surface area contributed by atoms with Gasteiger partial charge in [-0.25, -0.2) is 4.79 Å². The molecule has 3 N–H and O–H groups in total. The van der Waals surface area contributed by atoms with Gasteiger partial charge in [-0.1, -0.05) is 15.9 Å². The minimum absolute atomic E-state index is 0.0560. The van der Waals surface area contributed by atoms with Crippen LogP contribution in [0.25, 0.3) is 0 Å². The normalized spacial score (nSPS) is 16.8. The number of rotatable bonds is 3. The zero-order chi connectivity index (χ0) is 7.44. The highest BCUT2D eigenvalue weighted by atomic mass is 79.9. The predicted molar refractivity (Wildman–Crippen MR) is 33.4 cm³/mol. The maximum absolute atomic E-state index is 9.87. The van der Waals surface area contributed by atoms with Crippen LogP contribution >= 0.6 is 15.9 Å². The lowest BCUT2D eigenvalue weighted by Crippen LogP contribution is -2.34. The summed E-state index contributed by atoms with van der Waals surface area (Å²) in [5, 5.41) is 25.2. The molecule has 0 saturated heterocycles. The van der Waals surface area contributed by atoms with Crippen LogP contribution in [-0.4, -0.2) is 38.8 Å². The van der Waals surface area contributed by atoms with Gasteiger partial charge < -0.3 is 15.3 Å². The van der Waals surface area contributed by atoms with Gasteiger partial charge in [-0.3, -0.25) is 0 Å². The Kier molecular flexibility index (Phi) is 3.76. The molecule has 0 spiro atoms. The summed E-state index contributed by atoms with van der Waals surface area (Å²) in [4.78, 5) is 9.87. The molecule has 0 heterocycles. The van der Waals surface area contributed by atoms with Crippen molar-refractivity contribution in [2.45, 2.75) is 12.2 Å². The van der Waals surface area contributed by atoms with E-state index in [1.165, 1.54) is 0 Å². The lowest BCUT2D eigenvalue weighted by Gasteiger charge is -2.08. The van der Waals surface area contributed by atoms with Gasteiger partial charge in [0.05, 0.1) is 0 Å². The van der Waals surface area contributed by atoms with Crippen molar-refractivity contribution in [1.82, 2.24) is 0 Å². The van der Waals surface area contributed by atoms with E-state index in [2.05, 4.69) is 15.9 Å². The summed E-state index contributed by atoms with van der Waals surface area (Å²) in [6, 6.07) is 0. The first-order chi connectivity index (χ1) is 4.09. The van der Waals surface area contributed by atoms with Crippen LogP contribution in [0.1, 0.15) is 0 Å². The Morgan fingerprint density at radius 2 is 2.00 bits per heavy atom. The summed E-state index contributed by atoms with van der Waals surface area (Å²) in [7, 11) is 0. The first-order valence-electron chi connectivity index (χ1n) is 2.24. The Morgan fingerprint density at radius 3 is 2.11 bits per heavy atom. The average molecular weight is 199 g/mol. The van der Waals surface area contributed by atoms with E-state index in [1.54, 1.807) is 0 Å². The zero-order valence-electron chi connectivity index (χ0n) is 4.49. The van der Waals surface area contributed by atoms with Gasteiger partial charge in [-0.2, -0.15) is 0 Å². The van der Waals surface area contributed by atoms with Gasteiger partial charge in [-0.05, 0) is 0 Å². The molecule has 0 radical (unpaired) electrons. The molecule has 0 saturated carbocycles. The van der Waals surface area contributed by atoms with Crippen molar-refractivity contribution >= 4 is 21.9 Å². The number of halogens is 1. The van der Waals surface area contributed by atoms with E-state index in [-0.39, 0.29) is 5.33 Å². The van der Waals surface area contributed by atoms with Crippen LogP contribution in [0.4, 0.5) is 0 Å². The second-order valence-electron chi connectivity index (χ2n) is 1.50. The number of carbonyl (C=O) groups is 1. The summed E-state index contributed by atoms with van der Waals surface area (Å²) < 4.78 is 0. The van der Waals surface area contributed by atoms with Gasteiger partial charge in [0.25, 0.3) is 0 Å². The standard InChI is InChI=1S/C4H7BrO4/c5-1-2(6)3(7)4(8)9/h2-3,6-7H,1H2,(H,8,9). The van der Waals surface area contributed by atoms with Gasteiger partial charge in [0.1, 0.15) is 6.10 Å². The Labute approximate surface area is 60.2 Å². The molecule has 0 aliphatic rings. The van der Waals surface area contributed by atoms with E-state index in [4.69, 9.17) is 15.3 Å². The molecule has 9 heavy (non-hydrogen) atoms. The molecule has 0 bridgehead atoms. The molecule has 54 valence electrons. The first kappa shape index (κ1) is 8.87. The summed E-state index contributed by atoms with van der Waals surface area (Å²) in [5.41, 5.74) is 0. The molecule has 4 nitrogen and oxygen atoms in total. The molecule has 5 heteroatoms. The number of carboxylic acid groups (broad SMARTS) is 1. The molecule has 0 aliphatic carbocycles. The molecule has 0 aromatic heterocycles. The Morgan fingerprint density at radius 1 is 1.56 bits per heavy atom. The lowest BCUT2D eigenvalue weighted by atomic mass is 10.2. The van der Waals surface area contributed by atoms with Crippen molar-refractivity contribution in [1.29, 1.82) is 0 Å². The molecular formula is C4H7BrO4. The maximum atomic E-state index is 9.87. The van der Waals surface area contributed by atoms with Gasteiger partial charge >= 0.3 is 5.97 Å². The van der Waals surface area contributed by atoms with E-state index in [1.807, 2.05) is 0 Å². The van der Waals surface area contributed by atoms with Crippen molar-refractivity contribution in [2.75, 3.05) is 5.33 Å². The maximum Gasteiger partial charge on any atom is 0.335 e. The SMILES string of the molecule is O=C(O)C(O)C(O)CBr. The van der Waals surface area contributed by atoms with Crippen molar-refractivity contribution < 1.29 is 20.1 Å². The van der Waals surface area contributed by atoms with E-state index < -0.39 is 18.2 Å². The third kappa shape index (κ3) is 2.78. The fraction of sp³-hybridized carbons (Fsp3) is 0.750. The number of aliphatic hydroxyl groups is 2. The second-order valence-corrected chi connectivity index (χ2v) is 2.15. The second kappa shape index (κ2) is 3.81. The van der Waals surface area contributed by atoms with Gasteiger partial charge in [0.15, 0.2) is 6.10 Å². The number of alkyl halides is 1. The summed E-state index contributed by atoms with van der Waals surface area (Å²) in [6.45, 7) is 0. The minimum Gasteiger partial charge on any atom is -0.479 e. The summed E-state index contributed by atoms with van der Waals surface area (Å²) >= 11 is 2.81. The molecule has 2 unspecified atom stereocenters. The minimum atomic E-state index is -1.69. The first-order valence-corrected chi connectivity index (χ1v) is 3.36. The van der Waals surface area contributed by atoms with Crippen LogP contribution in [0.15, 0.2) is 0 Å². The Bertz CT molecular complexity index is 105. The van der Waals surface area contributed by atoms with Gasteiger partial charge in [0, 0.05) is 5.33 Å². The number of aliphatic hydroxyl groups excluding tert-OH is 2. The number of hydrogen-bond acceptors (Lipinski definition) is 3. The van der Waals surface area contributed by atoms with E-state index >= 15 is 0 Å². The fourth-order valence-electron chi connectivity index (χ4n) is 0.249. The highest BCUT2D eigenvalue weighted by molar-refractivity contribution is 9.09. The third-order valence-corrected chi connectivity index (χ3v) is 1.44. The van der Waals surface area contributed by atoms with Crippen LogP contribution in [-0.2, 0) is 4.79 Å². The molecule has 0 aromatic rings. The summed E-state index contributed by atoms with van der Waals surface area (Å²) in [6.07, 6.45) is -2.92. The number of carboxylic acids is 1. The van der Waals surface area contributed by atoms with E-state index in [9.17, 15) is 4.79 Å². The average Bonchev–Trinajstić information content (AvgIpc) is 1.84. The van der Waals surface area contributed by atoms with Crippen molar-refractivity contribution in [3.63, 3.8) is 0 Å². The molecule has 0 fully saturated rings. The monoisotopic (exact) mass is 198 g/mol. The van der Waals surface area contributed by atoms with Crippen LogP contribution in [0.5, 0.6) is 0 Å². The quantitative estimate of drug-likeness (QED) is 0.519. The topological polar surface area (TPSA) is 77.8 Å². The van der Waals surface area contributed by atoms with Crippen LogP contribution in [0, 0.1) is 0 Å². The molecule has 0 amide bonds. The van der Waals surface area contributed by atoms with Crippen LogP contribution in [0.2, 0.25) is 0 Å². The molecule has 2 atom stereocenters. The van der Waals surface area contributed by atoms with Gasteiger partial charge in [0.2, 0.25) is 0 Å². The van der Waals surface area contributed by atoms with Crippen molar-refractivity contribution in [2.24, 2.45) is 0 Å². The highest BCUT2D eigenvalue weighted by Gasteiger charge is 2.21. The van der Waals surface area contributed by atoms with Crippen LogP contribution < -0.4 is 0 Å².